The standard InChI is InChI=1S/C33H38N6/c1-24-16-28(12-13-30(24)39-22-32(2)19-33(3,23-39)21-38(4)20-32)36-31-34-15-14-29(37-31)26-10-11-27(35-18-26)17-25-8-6-5-7-9-25/h5-16,18H,17,19-23H2,1-4H3,(H,34,36,37). The molecule has 200 valence electrons. The van der Waals surface area contributed by atoms with Crippen LogP contribution in [0.1, 0.15) is 37.1 Å². The number of likely N-dealkylation sites (tertiary alicyclic amines) is 1. The van der Waals surface area contributed by atoms with Crippen molar-refractivity contribution in [1.29, 1.82) is 0 Å². The predicted molar refractivity (Wildman–Crippen MR) is 160 cm³/mol. The Balaban J connectivity index is 1.15. The molecule has 2 bridgehead atoms. The van der Waals surface area contributed by atoms with Gasteiger partial charge in [0, 0.05) is 67.6 Å². The highest BCUT2D eigenvalue weighted by Crippen LogP contribution is 2.46. The van der Waals surface area contributed by atoms with Crippen molar-refractivity contribution in [3.63, 3.8) is 0 Å². The lowest BCUT2D eigenvalue weighted by molar-refractivity contribution is 0.00531. The molecule has 0 amide bonds. The van der Waals surface area contributed by atoms with E-state index in [-0.39, 0.29) is 0 Å². The maximum atomic E-state index is 4.78. The number of pyridine rings is 1. The zero-order valence-corrected chi connectivity index (χ0v) is 23.5. The van der Waals surface area contributed by atoms with Crippen LogP contribution in [-0.2, 0) is 6.42 Å². The van der Waals surface area contributed by atoms with Gasteiger partial charge < -0.3 is 15.1 Å². The molecule has 2 aromatic carbocycles. The van der Waals surface area contributed by atoms with Crippen LogP contribution in [-0.4, -0.2) is 53.1 Å². The van der Waals surface area contributed by atoms with Gasteiger partial charge in [-0.1, -0.05) is 44.2 Å². The van der Waals surface area contributed by atoms with Gasteiger partial charge in [0.05, 0.1) is 5.69 Å². The van der Waals surface area contributed by atoms with Crippen LogP contribution >= 0.6 is 0 Å². The average molecular weight is 519 g/mol. The van der Waals surface area contributed by atoms with Crippen LogP contribution in [0.2, 0.25) is 0 Å². The third kappa shape index (κ3) is 5.66. The van der Waals surface area contributed by atoms with E-state index >= 15 is 0 Å². The lowest BCUT2D eigenvalue weighted by atomic mass is 9.65. The second-order valence-electron chi connectivity index (χ2n) is 12.4. The van der Waals surface area contributed by atoms with Gasteiger partial charge in [-0.15, -0.1) is 0 Å². The molecule has 2 aromatic heterocycles. The Bertz CT molecular complexity index is 1430. The summed E-state index contributed by atoms with van der Waals surface area (Å²) < 4.78 is 0. The van der Waals surface area contributed by atoms with E-state index in [1.807, 2.05) is 18.3 Å². The number of hydrogen-bond acceptors (Lipinski definition) is 6. The van der Waals surface area contributed by atoms with Crippen LogP contribution in [0, 0.1) is 17.8 Å². The number of aromatic nitrogens is 3. The lowest BCUT2D eigenvalue weighted by Gasteiger charge is -2.57. The molecule has 2 fully saturated rings. The SMILES string of the molecule is Cc1cc(Nc2nccc(-c3ccc(Cc4ccccc4)nc3)n2)ccc1N1CC2(C)CN(C)CC(C)(C1)C2. The van der Waals surface area contributed by atoms with Crippen molar-refractivity contribution in [1.82, 2.24) is 19.9 Å². The Labute approximate surface area is 232 Å². The minimum absolute atomic E-state index is 0.326. The Hall–Kier alpha value is -3.77. The van der Waals surface area contributed by atoms with E-state index in [9.17, 15) is 0 Å². The maximum absolute atomic E-state index is 4.78. The number of benzene rings is 2. The lowest BCUT2D eigenvalue weighted by Crippen LogP contribution is -2.61. The largest absolute Gasteiger partial charge is 0.370 e. The van der Waals surface area contributed by atoms with E-state index in [1.54, 1.807) is 6.20 Å². The number of hydrogen-bond donors (Lipinski definition) is 1. The molecule has 2 aliphatic heterocycles. The number of fused-ring (bicyclic) bond motifs is 2. The third-order valence-corrected chi connectivity index (χ3v) is 8.10. The monoisotopic (exact) mass is 518 g/mol. The quantitative estimate of drug-likeness (QED) is 0.321. The van der Waals surface area contributed by atoms with Crippen molar-refractivity contribution in [2.75, 3.05) is 43.4 Å². The van der Waals surface area contributed by atoms with Crippen LogP contribution in [0.25, 0.3) is 11.3 Å². The summed E-state index contributed by atoms with van der Waals surface area (Å²) in [5, 5.41) is 3.42. The van der Waals surface area contributed by atoms with Crippen LogP contribution in [0.15, 0.2) is 79.1 Å². The average Bonchev–Trinajstić information content (AvgIpc) is 2.88. The number of aryl methyl sites for hydroxylation is 1. The topological polar surface area (TPSA) is 57.2 Å². The molecule has 2 atom stereocenters. The second kappa shape index (κ2) is 10.1. The summed E-state index contributed by atoms with van der Waals surface area (Å²) >= 11 is 0. The Morgan fingerprint density at radius 3 is 2.33 bits per heavy atom. The number of nitrogens with zero attached hydrogens (tertiary/aromatic N) is 5. The van der Waals surface area contributed by atoms with E-state index in [0.29, 0.717) is 16.8 Å². The van der Waals surface area contributed by atoms with Crippen LogP contribution in [0.3, 0.4) is 0 Å². The summed E-state index contributed by atoms with van der Waals surface area (Å²) in [5.74, 6) is 0.587. The van der Waals surface area contributed by atoms with E-state index in [2.05, 4.69) is 108 Å². The van der Waals surface area contributed by atoms with Gasteiger partial charge >= 0.3 is 0 Å². The van der Waals surface area contributed by atoms with Crippen molar-refractivity contribution in [3.8, 4) is 11.3 Å². The van der Waals surface area contributed by atoms with Crippen molar-refractivity contribution in [3.05, 3.63) is 95.9 Å². The molecular formula is C33H38N6. The molecule has 6 rings (SSSR count). The van der Waals surface area contributed by atoms with Crippen molar-refractivity contribution in [2.45, 2.75) is 33.6 Å². The minimum Gasteiger partial charge on any atom is -0.370 e. The van der Waals surface area contributed by atoms with Gasteiger partial charge in [-0.25, -0.2) is 9.97 Å². The molecule has 2 aliphatic rings. The molecule has 6 nitrogen and oxygen atoms in total. The molecule has 4 aromatic rings. The Morgan fingerprint density at radius 2 is 1.64 bits per heavy atom. The molecule has 0 saturated carbocycles. The molecule has 2 unspecified atom stereocenters. The molecule has 6 heteroatoms. The highest BCUT2D eigenvalue weighted by atomic mass is 15.2. The molecule has 39 heavy (non-hydrogen) atoms. The smallest absolute Gasteiger partial charge is 0.227 e. The number of anilines is 3. The van der Waals surface area contributed by atoms with Crippen molar-refractivity contribution in [2.24, 2.45) is 10.8 Å². The summed E-state index contributed by atoms with van der Waals surface area (Å²) in [6.45, 7) is 11.6. The predicted octanol–water partition coefficient (Wildman–Crippen LogP) is 6.35. The second-order valence-corrected chi connectivity index (χ2v) is 12.4. The van der Waals surface area contributed by atoms with Crippen LogP contribution in [0.4, 0.5) is 17.3 Å². The fourth-order valence-corrected chi connectivity index (χ4v) is 7.14. The van der Waals surface area contributed by atoms with E-state index in [4.69, 9.17) is 4.98 Å². The van der Waals surface area contributed by atoms with E-state index in [1.165, 1.54) is 23.2 Å². The fraction of sp³-hybridized carbons (Fsp3) is 0.364. The highest BCUT2D eigenvalue weighted by Gasteiger charge is 2.47. The molecule has 4 heterocycles. The normalized spacial score (nSPS) is 23.0. The van der Waals surface area contributed by atoms with Gasteiger partial charge in [-0.2, -0.15) is 0 Å². The first-order chi connectivity index (χ1) is 18.8. The van der Waals surface area contributed by atoms with Crippen molar-refractivity contribution < 1.29 is 0 Å². The molecule has 0 aliphatic carbocycles. The Morgan fingerprint density at radius 1 is 0.872 bits per heavy atom. The zero-order valence-electron chi connectivity index (χ0n) is 23.5. The van der Waals surface area contributed by atoms with Gasteiger partial charge in [0.1, 0.15) is 0 Å². The number of nitrogens with one attached hydrogen (secondary N) is 1. The Kier molecular flexibility index (Phi) is 6.59. The molecule has 0 radical (unpaired) electrons. The van der Waals surface area contributed by atoms with E-state index in [0.717, 1.165) is 55.2 Å². The van der Waals surface area contributed by atoms with Crippen LogP contribution < -0.4 is 10.2 Å². The van der Waals surface area contributed by atoms with Gasteiger partial charge in [-0.05, 0) is 78.7 Å². The van der Waals surface area contributed by atoms with E-state index < -0.39 is 0 Å². The first-order valence-electron chi connectivity index (χ1n) is 13.9. The first-order valence-corrected chi connectivity index (χ1v) is 13.9. The summed E-state index contributed by atoms with van der Waals surface area (Å²) in [6.07, 6.45) is 5.82. The molecule has 1 N–H and O–H groups in total. The van der Waals surface area contributed by atoms with Crippen LogP contribution in [0.5, 0.6) is 0 Å². The van der Waals surface area contributed by atoms with Gasteiger partial charge in [0.25, 0.3) is 0 Å². The summed E-state index contributed by atoms with van der Waals surface area (Å²) in [7, 11) is 2.27. The molecule has 0 spiro atoms. The number of piperidine rings is 2. The summed E-state index contributed by atoms with van der Waals surface area (Å²) in [4.78, 5) is 19.1. The summed E-state index contributed by atoms with van der Waals surface area (Å²) in [6, 6.07) is 23.1. The molecule has 2 saturated heterocycles. The highest BCUT2D eigenvalue weighted by molar-refractivity contribution is 5.65. The third-order valence-electron chi connectivity index (χ3n) is 8.10. The summed E-state index contributed by atoms with van der Waals surface area (Å²) in [5.41, 5.74) is 8.39. The first kappa shape index (κ1) is 25.5. The zero-order chi connectivity index (χ0) is 27.0. The minimum atomic E-state index is 0.326. The van der Waals surface area contributed by atoms with Crippen molar-refractivity contribution >= 4 is 17.3 Å². The van der Waals surface area contributed by atoms with Gasteiger partial charge in [0.15, 0.2) is 0 Å². The maximum Gasteiger partial charge on any atom is 0.227 e. The fourth-order valence-electron chi connectivity index (χ4n) is 7.14. The number of rotatable bonds is 6. The molecular weight excluding hydrogens is 480 g/mol. The van der Waals surface area contributed by atoms with Gasteiger partial charge in [-0.3, -0.25) is 4.98 Å². The van der Waals surface area contributed by atoms with Gasteiger partial charge in [0.2, 0.25) is 5.95 Å².